The number of nitrogens with one attached hydrogen (secondary N) is 1. The van der Waals surface area contributed by atoms with Crippen LogP contribution in [0.5, 0.6) is 0 Å². The molecule has 0 amide bonds. The molecule has 0 bridgehead atoms. The Kier molecular flexibility index (Phi) is 3.87. The zero-order valence-electron chi connectivity index (χ0n) is 10.9. The average Bonchev–Trinajstić information content (AvgIpc) is 2.69. The number of anilines is 1. The molecule has 0 atom stereocenters. The van der Waals surface area contributed by atoms with Gasteiger partial charge in [0.25, 0.3) is 0 Å². The minimum Gasteiger partial charge on any atom is -0.352 e. The standard InChI is InChI=1S/C14H23N3/c1-4-9-15-14-16-12(3)10-17(14)13-7-5-11(2)6-8-13/h4,10-11,13H,1,5-9H2,2-3H3,(H,15,16). The van der Waals surface area contributed by atoms with Crippen molar-refractivity contribution in [3.63, 3.8) is 0 Å². The number of aryl methyl sites for hydroxylation is 1. The van der Waals surface area contributed by atoms with Crippen LogP contribution in [0.4, 0.5) is 5.95 Å². The zero-order chi connectivity index (χ0) is 12.3. The van der Waals surface area contributed by atoms with Crippen LogP contribution >= 0.6 is 0 Å². The van der Waals surface area contributed by atoms with E-state index in [4.69, 9.17) is 0 Å². The summed E-state index contributed by atoms with van der Waals surface area (Å²) in [6.45, 7) is 8.92. The van der Waals surface area contributed by atoms with Crippen molar-refractivity contribution in [3.05, 3.63) is 24.5 Å². The van der Waals surface area contributed by atoms with Crippen molar-refractivity contribution in [2.75, 3.05) is 11.9 Å². The van der Waals surface area contributed by atoms with Crippen LogP contribution in [0, 0.1) is 12.8 Å². The first-order valence-corrected chi connectivity index (χ1v) is 6.61. The van der Waals surface area contributed by atoms with Crippen molar-refractivity contribution in [2.24, 2.45) is 5.92 Å². The first-order chi connectivity index (χ1) is 8.20. The third-order valence-corrected chi connectivity index (χ3v) is 3.64. The van der Waals surface area contributed by atoms with E-state index in [1.54, 1.807) is 0 Å². The van der Waals surface area contributed by atoms with E-state index < -0.39 is 0 Å². The molecule has 0 aliphatic heterocycles. The lowest BCUT2D eigenvalue weighted by molar-refractivity contribution is 0.291. The van der Waals surface area contributed by atoms with Gasteiger partial charge >= 0.3 is 0 Å². The Morgan fingerprint density at radius 3 is 2.82 bits per heavy atom. The monoisotopic (exact) mass is 233 g/mol. The Balaban J connectivity index is 2.10. The fraction of sp³-hybridized carbons (Fsp3) is 0.643. The van der Waals surface area contributed by atoms with Gasteiger partial charge in [0.1, 0.15) is 0 Å². The van der Waals surface area contributed by atoms with Gasteiger partial charge in [0.05, 0.1) is 5.69 Å². The molecule has 1 saturated carbocycles. The lowest BCUT2D eigenvalue weighted by atomic mass is 9.87. The lowest BCUT2D eigenvalue weighted by Gasteiger charge is -2.28. The quantitative estimate of drug-likeness (QED) is 0.806. The van der Waals surface area contributed by atoms with Crippen LogP contribution in [0.3, 0.4) is 0 Å². The molecule has 1 aliphatic carbocycles. The normalized spacial score (nSPS) is 24.6. The largest absolute Gasteiger partial charge is 0.352 e. The summed E-state index contributed by atoms with van der Waals surface area (Å²) in [5.74, 6) is 1.89. The summed E-state index contributed by atoms with van der Waals surface area (Å²) in [7, 11) is 0. The highest BCUT2D eigenvalue weighted by molar-refractivity contribution is 5.30. The molecule has 2 rings (SSSR count). The van der Waals surface area contributed by atoms with Crippen molar-refractivity contribution >= 4 is 5.95 Å². The smallest absolute Gasteiger partial charge is 0.203 e. The van der Waals surface area contributed by atoms with Crippen LogP contribution < -0.4 is 5.32 Å². The molecule has 3 heteroatoms. The van der Waals surface area contributed by atoms with E-state index in [1.165, 1.54) is 25.7 Å². The van der Waals surface area contributed by atoms with Gasteiger partial charge in [0, 0.05) is 18.8 Å². The highest BCUT2D eigenvalue weighted by atomic mass is 15.2. The van der Waals surface area contributed by atoms with Gasteiger partial charge in [-0.15, -0.1) is 6.58 Å². The van der Waals surface area contributed by atoms with Gasteiger partial charge in [-0.3, -0.25) is 0 Å². The van der Waals surface area contributed by atoms with Crippen LogP contribution in [-0.4, -0.2) is 16.1 Å². The van der Waals surface area contributed by atoms with Gasteiger partial charge in [0.2, 0.25) is 5.95 Å². The highest BCUT2D eigenvalue weighted by Gasteiger charge is 2.21. The predicted octanol–water partition coefficient (Wildman–Crippen LogP) is 3.54. The third-order valence-electron chi connectivity index (χ3n) is 3.64. The molecule has 0 spiro atoms. The fourth-order valence-corrected chi connectivity index (χ4v) is 2.61. The summed E-state index contributed by atoms with van der Waals surface area (Å²) in [4.78, 5) is 4.55. The van der Waals surface area contributed by atoms with E-state index in [-0.39, 0.29) is 0 Å². The molecule has 1 N–H and O–H groups in total. The van der Waals surface area contributed by atoms with Gasteiger partial charge in [-0.25, -0.2) is 4.98 Å². The number of aromatic nitrogens is 2. The summed E-state index contributed by atoms with van der Waals surface area (Å²) >= 11 is 0. The number of hydrogen-bond donors (Lipinski definition) is 1. The molecule has 0 saturated heterocycles. The predicted molar refractivity (Wildman–Crippen MR) is 72.3 cm³/mol. The maximum absolute atomic E-state index is 4.55. The Labute approximate surface area is 104 Å². The van der Waals surface area contributed by atoms with Crippen LogP contribution in [0.15, 0.2) is 18.9 Å². The Bertz CT molecular complexity index is 373. The van der Waals surface area contributed by atoms with Gasteiger partial charge in [-0.1, -0.05) is 13.0 Å². The first-order valence-electron chi connectivity index (χ1n) is 6.61. The van der Waals surface area contributed by atoms with Crippen molar-refractivity contribution in [1.29, 1.82) is 0 Å². The molecule has 1 fully saturated rings. The molecule has 1 aromatic rings. The van der Waals surface area contributed by atoms with E-state index in [0.29, 0.717) is 6.04 Å². The molecule has 3 nitrogen and oxygen atoms in total. The molecule has 0 aromatic carbocycles. The maximum atomic E-state index is 4.55. The summed E-state index contributed by atoms with van der Waals surface area (Å²) in [5, 5.41) is 3.33. The minimum absolute atomic E-state index is 0.625. The van der Waals surface area contributed by atoms with Crippen LogP contribution in [0.1, 0.15) is 44.3 Å². The Morgan fingerprint density at radius 2 is 2.18 bits per heavy atom. The van der Waals surface area contributed by atoms with Gasteiger partial charge < -0.3 is 9.88 Å². The van der Waals surface area contributed by atoms with Crippen LogP contribution in [-0.2, 0) is 0 Å². The maximum Gasteiger partial charge on any atom is 0.203 e. The SMILES string of the molecule is C=CCNc1nc(C)cn1C1CCC(C)CC1. The zero-order valence-corrected chi connectivity index (χ0v) is 10.9. The fourth-order valence-electron chi connectivity index (χ4n) is 2.61. The molecular weight excluding hydrogens is 210 g/mol. The Hall–Kier alpha value is -1.25. The average molecular weight is 233 g/mol. The van der Waals surface area contributed by atoms with E-state index in [2.05, 4.69) is 41.5 Å². The molecule has 0 unspecified atom stereocenters. The molecule has 0 radical (unpaired) electrons. The second-order valence-electron chi connectivity index (χ2n) is 5.20. The summed E-state index contributed by atoms with van der Waals surface area (Å²) in [6, 6.07) is 0.625. The van der Waals surface area contributed by atoms with Crippen molar-refractivity contribution in [1.82, 2.24) is 9.55 Å². The van der Waals surface area contributed by atoms with E-state index in [1.807, 2.05) is 6.08 Å². The second kappa shape index (κ2) is 5.39. The van der Waals surface area contributed by atoms with Gasteiger partial charge in [-0.05, 0) is 38.5 Å². The summed E-state index contributed by atoms with van der Waals surface area (Å²) in [6.07, 6.45) is 9.27. The molecule has 17 heavy (non-hydrogen) atoms. The van der Waals surface area contributed by atoms with Crippen molar-refractivity contribution < 1.29 is 0 Å². The first kappa shape index (κ1) is 12.2. The lowest BCUT2D eigenvalue weighted by Crippen LogP contribution is -2.18. The molecule has 1 heterocycles. The third kappa shape index (κ3) is 2.90. The topological polar surface area (TPSA) is 29.9 Å². The minimum atomic E-state index is 0.625. The summed E-state index contributed by atoms with van der Waals surface area (Å²) < 4.78 is 2.32. The summed E-state index contributed by atoms with van der Waals surface area (Å²) in [5.41, 5.74) is 1.09. The molecule has 1 aromatic heterocycles. The number of imidazole rings is 1. The second-order valence-corrected chi connectivity index (χ2v) is 5.20. The van der Waals surface area contributed by atoms with E-state index in [9.17, 15) is 0 Å². The van der Waals surface area contributed by atoms with E-state index >= 15 is 0 Å². The Morgan fingerprint density at radius 1 is 1.47 bits per heavy atom. The van der Waals surface area contributed by atoms with Gasteiger partial charge in [-0.2, -0.15) is 0 Å². The molecular formula is C14H23N3. The molecule has 1 aliphatic rings. The van der Waals surface area contributed by atoms with Gasteiger partial charge in [0.15, 0.2) is 0 Å². The van der Waals surface area contributed by atoms with E-state index in [0.717, 1.165) is 24.1 Å². The van der Waals surface area contributed by atoms with Crippen LogP contribution in [0.2, 0.25) is 0 Å². The number of rotatable bonds is 4. The molecule has 94 valence electrons. The van der Waals surface area contributed by atoms with Crippen molar-refractivity contribution in [2.45, 2.75) is 45.6 Å². The number of nitrogens with zero attached hydrogens (tertiary/aromatic N) is 2. The van der Waals surface area contributed by atoms with Crippen LogP contribution in [0.25, 0.3) is 0 Å². The van der Waals surface area contributed by atoms with Crippen molar-refractivity contribution in [3.8, 4) is 0 Å². The highest BCUT2D eigenvalue weighted by Crippen LogP contribution is 2.33. The number of hydrogen-bond acceptors (Lipinski definition) is 2.